The highest BCUT2D eigenvalue weighted by atomic mass is 16.6. The van der Waals surface area contributed by atoms with Gasteiger partial charge in [0.05, 0.1) is 5.92 Å². The van der Waals surface area contributed by atoms with Gasteiger partial charge in [0.2, 0.25) is 0 Å². The molecule has 0 aliphatic carbocycles. The summed E-state index contributed by atoms with van der Waals surface area (Å²) in [5.74, 6) is -0.742. The average molecular weight is 200 g/mol. The smallest absolute Gasteiger partial charge is 0.310 e. The van der Waals surface area contributed by atoms with Crippen LogP contribution < -0.4 is 0 Å². The van der Waals surface area contributed by atoms with Crippen molar-refractivity contribution >= 4 is 12.3 Å². The van der Waals surface area contributed by atoms with E-state index in [1.54, 1.807) is 20.8 Å². The van der Waals surface area contributed by atoms with Crippen molar-refractivity contribution in [2.75, 3.05) is 0 Å². The fraction of sp³-hybridized carbons (Fsp3) is 0.818. The molecule has 0 aliphatic heterocycles. The van der Waals surface area contributed by atoms with Gasteiger partial charge in [-0.15, -0.1) is 0 Å². The molecule has 3 heteroatoms. The zero-order valence-electron chi connectivity index (χ0n) is 9.88. The first-order valence-electron chi connectivity index (χ1n) is 4.79. The predicted octanol–water partition coefficient (Wildman–Crippen LogP) is 2.19. The van der Waals surface area contributed by atoms with Crippen molar-refractivity contribution in [1.82, 2.24) is 0 Å². The lowest BCUT2D eigenvalue weighted by Gasteiger charge is -2.28. The molecule has 1 unspecified atom stereocenters. The molecule has 14 heavy (non-hydrogen) atoms. The molecule has 0 bridgehead atoms. The minimum Gasteiger partial charge on any atom is -0.460 e. The van der Waals surface area contributed by atoms with Gasteiger partial charge in [-0.2, -0.15) is 0 Å². The van der Waals surface area contributed by atoms with E-state index < -0.39 is 16.9 Å². The van der Waals surface area contributed by atoms with Crippen LogP contribution >= 0.6 is 0 Å². The molecule has 0 fully saturated rings. The lowest BCUT2D eigenvalue weighted by Crippen LogP contribution is -2.35. The van der Waals surface area contributed by atoms with E-state index >= 15 is 0 Å². The van der Waals surface area contributed by atoms with E-state index in [1.165, 1.54) is 0 Å². The Kier molecular flexibility index (Phi) is 3.86. The molecule has 0 saturated heterocycles. The SMILES string of the molecule is CC(C(=O)OC(C)(C)C)C(C)(C)C=O. The van der Waals surface area contributed by atoms with Crippen molar-refractivity contribution in [1.29, 1.82) is 0 Å². The Balaban J connectivity index is 4.49. The summed E-state index contributed by atoms with van der Waals surface area (Å²) in [5, 5.41) is 0. The molecular formula is C11H20O3. The fourth-order valence-corrected chi connectivity index (χ4v) is 0.796. The first-order chi connectivity index (χ1) is 6.10. The molecule has 0 rings (SSSR count). The second-order valence-corrected chi connectivity index (χ2v) is 5.19. The van der Waals surface area contributed by atoms with Crippen LogP contribution in [0.3, 0.4) is 0 Å². The van der Waals surface area contributed by atoms with Crippen molar-refractivity contribution in [2.45, 2.75) is 47.1 Å². The lowest BCUT2D eigenvalue weighted by molar-refractivity contribution is -0.164. The number of carbonyl (C=O) groups is 2. The topological polar surface area (TPSA) is 43.4 Å². The standard InChI is InChI=1S/C11H20O3/c1-8(11(5,6)7-12)9(13)14-10(2,3)4/h7-8H,1-6H3. The van der Waals surface area contributed by atoms with E-state index in [4.69, 9.17) is 4.74 Å². The molecule has 0 spiro atoms. The summed E-state index contributed by atoms with van der Waals surface area (Å²) >= 11 is 0. The van der Waals surface area contributed by atoms with Gasteiger partial charge in [-0.1, -0.05) is 20.8 Å². The fourth-order valence-electron chi connectivity index (χ4n) is 0.796. The van der Waals surface area contributed by atoms with Gasteiger partial charge in [0, 0.05) is 5.41 Å². The summed E-state index contributed by atoms with van der Waals surface area (Å²) in [4.78, 5) is 22.3. The normalized spacial score (nSPS) is 14.7. The number of ether oxygens (including phenoxy) is 1. The van der Waals surface area contributed by atoms with Crippen LogP contribution in [0.1, 0.15) is 41.5 Å². The number of carbonyl (C=O) groups excluding carboxylic acids is 2. The summed E-state index contributed by atoms with van der Waals surface area (Å²) in [6.07, 6.45) is 0.793. The molecule has 0 aromatic heterocycles. The molecule has 3 nitrogen and oxygen atoms in total. The lowest BCUT2D eigenvalue weighted by atomic mass is 9.81. The van der Waals surface area contributed by atoms with Crippen LogP contribution in [0.5, 0.6) is 0 Å². The highest BCUT2D eigenvalue weighted by molar-refractivity contribution is 5.78. The average Bonchev–Trinajstić information content (AvgIpc) is 2.00. The molecule has 0 aliphatic rings. The molecular weight excluding hydrogens is 180 g/mol. The van der Waals surface area contributed by atoms with E-state index in [9.17, 15) is 9.59 Å². The maximum atomic E-state index is 11.6. The second kappa shape index (κ2) is 4.11. The molecule has 1 atom stereocenters. The Morgan fingerprint density at radius 2 is 1.64 bits per heavy atom. The summed E-state index contributed by atoms with van der Waals surface area (Å²) in [5.41, 5.74) is -1.16. The van der Waals surface area contributed by atoms with Crippen LogP contribution in [-0.2, 0) is 14.3 Å². The van der Waals surface area contributed by atoms with E-state index in [1.807, 2.05) is 20.8 Å². The molecule has 82 valence electrons. The third-order valence-electron chi connectivity index (χ3n) is 2.18. The van der Waals surface area contributed by atoms with Crippen molar-refractivity contribution in [2.24, 2.45) is 11.3 Å². The van der Waals surface area contributed by atoms with Crippen LogP contribution in [-0.4, -0.2) is 17.9 Å². The van der Waals surface area contributed by atoms with E-state index in [2.05, 4.69) is 0 Å². The van der Waals surface area contributed by atoms with Crippen molar-refractivity contribution in [3.63, 3.8) is 0 Å². The highest BCUT2D eigenvalue weighted by Crippen LogP contribution is 2.26. The Labute approximate surface area is 85.8 Å². The Morgan fingerprint density at radius 1 is 1.21 bits per heavy atom. The van der Waals surface area contributed by atoms with E-state index in [0.717, 1.165) is 6.29 Å². The summed E-state index contributed by atoms with van der Waals surface area (Å²) in [6.45, 7) is 10.6. The predicted molar refractivity (Wildman–Crippen MR) is 54.9 cm³/mol. The van der Waals surface area contributed by atoms with Crippen LogP contribution in [0.4, 0.5) is 0 Å². The molecule has 0 N–H and O–H groups in total. The van der Waals surface area contributed by atoms with Gasteiger partial charge in [0.1, 0.15) is 11.9 Å². The van der Waals surface area contributed by atoms with Crippen LogP contribution in [0.25, 0.3) is 0 Å². The number of hydrogen-bond donors (Lipinski definition) is 0. The highest BCUT2D eigenvalue weighted by Gasteiger charge is 2.34. The van der Waals surface area contributed by atoms with Gasteiger partial charge < -0.3 is 9.53 Å². The number of esters is 1. The Bertz CT molecular complexity index is 223. The van der Waals surface area contributed by atoms with Crippen LogP contribution in [0.15, 0.2) is 0 Å². The van der Waals surface area contributed by atoms with E-state index in [-0.39, 0.29) is 5.97 Å². The van der Waals surface area contributed by atoms with Gasteiger partial charge >= 0.3 is 5.97 Å². The minimum absolute atomic E-state index is 0.324. The molecule has 0 heterocycles. The monoisotopic (exact) mass is 200 g/mol. The van der Waals surface area contributed by atoms with Crippen molar-refractivity contribution in [3.05, 3.63) is 0 Å². The first-order valence-corrected chi connectivity index (χ1v) is 4.79. The maximum Gasteiger partial charge on any atom is 0.310 e. The number of hydrogen-bond acceptors (Lipinski definition) is 3. The molecule has 0 radical (unpaired) electrons. The van der Waals surface area contributed by atoms with Gasteiger partial charge in [0.25, 0.3) is 0 Å². The van der Waals surface area contributed by atoms with Crippen LogP contribution in [0.2, 0.25) is 0 Å². The summed E-state index contributed by atoms with van der Waals surface area (Å²) in [6, 6.07) is 0. The van der Waals surface area contributed by atoms with Gasteiger partial charge in [0.15, 0.2) is 0 Å². The zero-order valence-corrected chi connectivity index (χ0v) is 9.88. The number of rotatable bonds is 3. The van der Waals surface area contributed by atoms with E-state index in [0.29, 0.717) is 0 Å². The third kappa shape index (κ3) is 3.90. The van der Waals surface area contributed by atoms with Crippen molar-refractivity contribution in [3.8, 4) is 0 Å². The maximum absolute atomic E-state index is 11.6. The first kappa shape index (κ1) is 13.1. The van der Waals surface area contributed by atoms with Crippen LogP contribution in [0, 0.1) is 11.3 Å². The third-order valence-corrected chi connectivity index (χ3v) is 2.18. The summed E-state index contributed by atoms with van der Waals surface area (Å²) < 4.78 is 5.19. The zero-order chi connectivity index (χ0) is 11.6. The molecule has 0 aromatic rings. The molecule has 0 saturated carbocycles. The van der Waals surface area contributed by atoms with Crippen molar-refractivity contribution < 1.29 is 14.3 Å². The van der Waals surface area contributed by atoms with Gasteiger partial charge in [-0.05, 0) is 20.8 Å². The Hall–Kier alpha value is -0.860. The second-order valence-electron chi connectivity index (χ2n) is 5.19. The number of aldehydes is 1. The van der Waals surface area contributed by atoms with Gasteiger partial charge in [-0.3, -0.25) is 4.79 Å². The minimum atomic E-state index is -0.664. The van der Waals surface area contributed by atoms with Gasteiger partial charge in [-0.25, -0.2) is 0 Å². The Morgan fingerprint density at radius 3 is 1.93 bits per heavy atom. The quantitative estimate of drug-likeness (QED) is 0.518. The molecule has 0 aromatic carbocycles. The molecule has 0 amide bonds. The largest absolute Gasteiger partial charge is 0.460 e. The summed E-state index contributed by atoms with van der Waals surface area (Å²) in [7, 11) is 0.